The molecule has 0 unspecified atom stereocenters. The van der Waals surface area contributed by atoms with Gasteiger partial charge >= 0.3 is 6.03 Å². The first-order valence-corrected chi connectivity index (χ1v) is 10.7. The lowest BCUT2D eigenvalue weighted by molar-refractivity contribution is -0.136. The Bertz CT molecular complexity index is 847. The highest BCUT2D eigenvalue weighted by molar-refractivity contribution is 6.09. The van der Waals surface area contributed by atoms with Crippen LogP contribution in [0.5, 0.6) is 11.5 Å². The third-order valence-corrected chi connectivity index (χ3v) is 6.16. The number of rotatable bonds is 5. The van der Waals surface area contributed by atoms with Crippen molar-refractivity contribution in [2.24, 2.45) is 5.92 Å². The predicted octanol–water partition coefficient (Wildman–Crippen LogP) is 2.53. The van der Waals surface area contributed by atoms with Crippen molar-refractivity contribution in [2.75, 3.05) is 19.8 Å². The maximum atomic E-state index is 12.9. The van der Waals surface area contributed by atoms with Crippen LogP contribution in [0.15, 0.2) is 18.2 Å². The van der Waals surface area contributed by atoms with Crippen molar-refractivity contribution in [2.45, 2.75) is 57.5 Å². The maximum absolute atomic E-state index is 12.9. The molecule has 1 aliphatic carbocycles. The summed E-state index contributed by atoms with van der Waals surface area (Å²) in [5.41, 5.74) is 0.0756. The lowest BCUT2D eigenvalue weighted by Gasteiger charge is -2.30. The molecule has 2 fully saturated rings. The van der Waals surface area contributed by atoms with Crippen LogP contribution in [0.3, 0.4) is 0 Å². The van der Waals surface area contributed by atoms with E-state index >= 15 is 0 Å². The monoisotopic (exact) mass is 415 g/mol. The Kier molecular flexibility index (Phi) is 5.58. The molecular formula is C22H29N3O5. The van der Waals surface area contributed by atoms with E-state index in [4.69, 9.17) is 9.47 Å². The molecule has 4 rings (SSSR count). The van der Waals surface area contributed by atoms with Crippen molar-refractivity contribution in [3.63, 3.8) is 0 Å². The zero-order valence-corrected chi connectivity index (χ0v) is 17.5. The van der Waals surface area contributed by atoms with Gasteiger partial charge in [0.2, 0.25) is 5.91 Å². The number of fused-ring (bicyclic) bond motifs is 1. The van der Waals surface area contributed by atoms with Crippen LogP contribution < -0.4 is 20.1 Å². The van der Waals surface area contributed by atoms with E-state index in [0.717, 1.165) is 29.7 Å². The summed E-state index contributed by atoms with van der Waals surface area (Å²) in [6.45, 7) is 4.74. The van der Waals surface area contributed by atoms with E-state index < -0.39 is 11.6 Å². The van der Waals surface area contributed by atoms with Crippen LogP contribution in [0, 0.1) is 5.92 Å². The topological polar surface area (TPSA) is 97.0 Å². The third kappa shape index (κ3) is 3.82. The predicted molar refractivity (Wildman–Crippen MR) is 109 cm³/mol. The average Bonchev–Trinajstić information content (AvgIpc) is 2.96. The fourth-order valence-corrected chi connectivity index (χ4v) is 4.56. The second-order valence-corrected chi connectivity index (χ2v) is 8.66. The van der Waals surface area contributed by atoms with Crippen LogP contribution in [0.4, 0.5) is 4.79 Å². The number of benzene rings is 1. The van der Waals surface area contributed by atoms with E-state index in [-0.39, 0.29) is 30.3 Å². The fourth-order valence-electron chi connectivity index (χ4n) is 4.56. The average molecular weight is 415 g/mol. The molecule has 0 bridgehead atoms. The molecule has 0 radical (unpaired) electrons. The van der Waals surface area contributed by atoms with Gasteiger partial charge in [0.1, 0.15) is 25.3 Å². The van der Waals surface area contributed by atoms with Gasteiger partial charge in [0, 0.05) is 0 Å². The first-order chi connectivity index (χ1) is 14.4. The molecule has 1 aromatic rings. The molecule has 2 aliphatic heterocycles. The number of carbonyl (C=O) groups is 3. The van der Waals surface area contributed by atoms with Gasteiger partial charge in [-0.3, -0.25) is 14.5 Å². The van der Waals surface area contributed by atoms with E-state index in [9.17, 15) is 14.4 Å². The Hall–Kier alpha value is -2.77. The van der Waals surface area contributed by atoms with Crippen molar-refractivity contribution < 1.29 is 23.9 Å². The zero-order chi connectivity index (χ0) is 21.3. The van der Waals surface area contributed by atoms with Gasteiger partial charge in [0.25, 0.3) is 5.91 Å². The van der Waals surface area contributed by atoms with Gasteiger partial charge in [-0.2, -0.15) is 0 Å². The minimum Gasteiger partial charge on any atom is -0.486 e. The van der Waals surface area contributed by atoms with Crippen molar-refractivity contribution in [3.8, 4) is 11.5 Å². The highest BCUT2D eigenvalue weighted by Crippen LogP contribution is 2.35. The number of urea groups is 1. The standard InChI is InChI=1S/C22H29N3O5/c1-14(2)19(15-6-7-16-17(12-15)30-11-10-29-16)23-18(26)13-25-20(27)22(24-21(25)28)8-4-3-5-9-22/h6-7,12,14,19H,3-5,8-11,13H2,1-2H3,(H,23,26)(H,24,28)/t19-/m0/s1. The second kappa shape index (κ2) is 8.16. The Morgan fingerprint density at radius 1 is 1.13 bits per heavy atom. The van der Waals surface area contributed by atoms with Crippen LogP contribution in [-0.4, -0.2) is 48.0 Å². The van der Waals surface area contributed by atoms with E-state index in [1.54, 1.807) is 0 Å². The summed E-state index contributed by atoms with van der Waals surface area (Å²) in [4.78, 5) is 39.2. The molecule has 8 nitrogen and oxygen atoms in total. The van der Waals surface area contributed by atoms with Crippen LogP contribution in [0.1, 0.15) is 57.6 Å². The van der Waals surface area contributed by atoms with E-state index in [0.29, 0.717) is 37.6 Å². The number of imide groups is 1. The Morgan fingerprint density at radius 3 is 2.53 bits per heavy atom. The van der Waals surface area contributed by atoms with Crippen LogP contribution >= 0.6 is 0 Å². The molecular weight excluding hydrogens is 386 g/mol. The molecule has 162 valence electrons. The van der Waals surface area contributed by atoms with Crippen molar-refractivity contribution in [3.05, 3.63) is 23.8 Å². The molecule has 4 amide bonds. The van der Waals surface area contributed by atoms with E-state index in [1.165, 1.54) is 0 Å². The molecule has 30 heavy (non-hydrogen) atoms. The second-order valence-electron chi connectivity index (χ2n) is 8.66. The first kappa shape index (κ1) is 20.5. The number of ether oxygens (including phenoxy) is 2. The third-order valence-electron chi connectivity index (χ3n) is 6.16. The molecule has 1 atom stereocenters. The molecule has 1 saturated carbocycles. The molecule has 2 N–H and O–H groups in total. The number of nitrogens with one attached hydrogen (secondary N) is 2. The number of hydrogen-bond acceptors (Lipinski definition) is 5. The van der Waals surface area contributed by atoms with Gasteiger partial charge in [0.05, 0.1) is 6.04 Å². The minimum atomic E-state index is -0.817. The zero-order valence-electron chi connectivity index (χ0n) is 17.5. The summed E-state index contributed by atoms with van der Waals surface area (Å²) < 4.78 is 11.2. The SMILES string of the molecule is CC(C)[C@H](NC(=O)CN1C(=O)NC2(CCCCC2)C1=O)c1ccc2c(c1)OCCO2. The van der Waals surface area contributed by atoms with E-state index in [1.807, 2.05) is 32.0 Å². The molecule has 1 saturated heterocycles. The summed E-state index contributed by atoms with van der Waals surface area (Å²) in [6, 6.07) is 4.87. The van der Waals surface area contributed by atoms with Crippen molar-refractivity contribution >= 4 is 17.8 Å². The summed E-state index contributed by atoms with van der Waals surface area (Å²) in [7, 11) is 0. The van der Waals surface area contributed by atoms with Gasteiger partial charge in [-0.25, -0.2) is 4.79 Å². The van der Waals surface area contributed by atoms with Gasteiger partial charge < -0.3 is 20.1 Å². The minimum absolute atomic E-state index is 0.101. The van der Waals surface area contributed by atoms with E-state index in [2.05, 4.69) is 10.6 Å². The summed E-state index contributed by atoms with van der Waals surface area (Å²) in [6.07, 6.45) is 4.16. The molecule has 3 aliphatic rings. The lowest BCUT2D eigenvalue weighted by atomic mass is 9.82. The number of hydrogen-bond donors (Lipinski definition) is 2. The Labute approximate surface area is 176 Å². The summed E-state index contributed by atoms with van der Waals surface area (Å²) in [5, 5.41) is 5.83. The smallest absolute Gasteiger partial charge is 0.325 e. The van der Waals surface area contributed by atoms with Gasteiger partial charge in [-0.05, 0) is 36.5 Å². The largest absolute Gasteiger partial charge is 0.486 e. The summed E-state index contributed by atoms with van der Waals surface area (Å²) in [5.74, 6) is 0.815. The first-order valence-electron chi connectivity index (χ1n) is 10.7. The maximum Gasteiger partial charge on any atom is 0.325 e. The molecule has 0 aromatic heterocycles. The highest BCUT2D eigenvalue weighted by atomic mass is 16.6. The quantitative estimate of drug-likeness (QED) is 0.721. The number of nitrogens with zero attached hydrogens (tertiary/aromatic N) is 1. The molecule has 1 spiro atoms. The van der Waals surface area contributed by atoms with Crippen LogP contribution in [0.2, 0.25) is 0 Å². The lowest BCUT2D eigenvalue weighted by Crippen LogP contribution is -2.49. The molecule has 1 aromatic carbocycles. The van der Waals surface area contributed by atoms with Gasteiger partial charge in [-0.1, -0.05) is 39.2 Å². The number of amides is 4. The normalized spacial score (nSPS) is 21.0. The summed E-state index contributed by atoms with van der Waals surface area (Å²) >= 11 is 0. The number of carbonyl (C=O) groups excluding carboxylic acids is 3. The fraction of sp³-hybridized carbons (Fsp3) is 0.591. The highest BCUT2D eigenvalue weighted by Gasteiger charge is 2.51. The Morgan fingerprint density at radius 2 is 1.83 bits per heavy atom. The van der Waals surface area contributed by atoms with Crippen LogP contribution in [-0.2, 0) is 9.59 Å². The molecule has 8 heteroatoms. The van der Waals surface area contributed by atoms with Gasteiger partial charge in [-0.15, -0.1) is 0 Å². The Balaban J connectivity index is 1.45. The molecule has 2 heterocycles. The van der Waals surface area contributed by atoms with Crippen LogP contribution in [0.25, 0.3) is 0 Å². The van der Waals surface area contributed by atoms with Crippen molar-refractivity contribution in [1.29, 1.82) is 0 Å². The van der Waals surface area contributed by atoms with Gasteiger partial charge in [0.15, 0.2) is 11.5 Å². The van der Waals surface area contributed by atoms with Crippen molar-refractivity contribution in [1.82, 2.24) is 15.5 Å².